The lowest BCUT2D eigenvalue weighted by Crippen LogP contribution is -2.20. The van der Waals surface area contributed by atoms with Crippen molar-refractivity contribution in [3.05, 3.63) is 17.8 Å². The number of anilines is 1. The zero-order valence-corrected chi connectivity index (χ0v) is 11.8. The van der Waals surface area contributed by atoms with Crippen LogP contribution in [0.2, 0.25) is 0 Å². The summed E-state index contributed by atoms with van der Waals surface area (Å²) in [4.78, 5) is 11.2. The predicted molar refractivity (Wildman–Crippen MR) is 74.7 cm³/mol. The Balaban J connectivity index is 1.67. The van der Waals surface area contributed by atoms with Gasteiger partial charge in [0, 0.05) is 6.54 Å². The van der Waals surface area contributed by atoms with Gasteiger partial charge in [-0.2, -0.15) is 0 Å². The third kappa shape index (κ3) is 4.45. The van der Waals surface area contributed by atoms with E-state index in [1.807, 2.05) is 0 Å². The van der Waals surface area contributed by atoms with Crippen molar-refractivity contribution < 1.29 is 14.3 Å². The number of hydrogen-bond donors (Lipinski definition) is 1. The van der Waals surface area contributed by atoms with Crippen molar-refractivity contribution in [3.63, 3.8) is 0 Å². The maximum atomic E-state index is 11.2. The predicted octanol–water partition coefficient (Wildman–Crippen LogP) is 2.02. The van der Waals surface area contributed by atoms with Gasteiger partial charge in [-0.05, 0) is 25.0 Å². The van der Waals surface area contributed by atoms with E-state index in [-0.39, 0.29) is 5.69 Å². The molecule has 1 aromatic heterocycles. The van der Waals surface area contributed by atoms with E-state index >= 15 is 0 Å². The second kappa shape index (κ2) is 7.79. The Morgan fingerprint density at radius 3 is 2.75 bits per heavy atom. The summed E-state index contributed by atoms with van der Waals surface area (Å²) >= 11 is 0. The van der Waals surface area contributed by atoms with Crippen molar-refractivity contribution in [1.29, 1.82) is 0 Å². The van der Waals surface area contributed by atoms with Gasteiger partial charge in [0.1, 0.15) is 5.82 Å². The van der Waals surface area contributed by atoms with Crippen LogP contribution in [0.5, 0.6) is 0 Å². The lowest BCUT2D eigenvalue weighted by Gasteiger charge is -2.22. The Hall–Kier alpha value is -1.69. The fraction of sp³-hybridized carbons (Fsp3) is 0.643. The van der Waals surface area contributed by atoms with Crippen molar-refractivity contribution in [2.24, 2.45) is 0 Å². The van der Waals surface area contributed by atoms with Gasteiger partial charge in [-0.15, -0.1) is 10.2 Å². The second-order valence-electron chi connectivity index (χ2n) is 4.85. The minimum absolute atomic E-state index is 0.205. The highest BCUT2D eigenvalue weighted by molar-refractivity contribution is 5.86. The Morgan fingerprint density at radius 2 is 2.10 bits per heavy atom. The van der Waals surface area contributed by atoms with Gasteiger partial charge in [0.05, 0.1) is 19.8 Å². The minimum Gasteiger partial charge on any atom is -0.464 e. The van der Waals surface area contributed by atoms with Crippen LogP contribution in [0.4, 0.5) is 5.82 Å². The summed E-state index contributed by atoms with van der Waals surface area (Å²) in [5.41, 5.74) is 0.205. The molecule has 1 aliphatic carbocycles. The fourth-order valence-corrected chi connectivity index (χ4v) is 2.28. The maximum Gasteiger partial charge on any atom is 0.358 e. The number of carbonyl (C=O) groups excluding carboxylic acids is 1. The Labute approximate surface area is 118 Å². The number of ether oxygens (including phenoxy) is 2. The molecular formula is C14H21N3O3. The first kappa shape index (κ1) is 14.7. The molecule has 0 aromatic carbocycles. The fourth-order valence-electron chi connectivity index (χ4n) is 2.28. The summed E-state index contributed by atoms with van der Waals surface area (Å²) in [6.07, 6.45) is 6.65. The van der Waals surface area contributed by atoms with Crippen LogP contribution in [-0.2, 0) is 9.47 Å². The molecule has 2 rings (SSSR count). The molecule has 6 nitrogen and oxygen atoms in total. The highest BCUT2D eigenvalue weighted by atomic mass is 16.5. The molecule has 1 aromatic rings. The zero-order chi connectivity index (χ0) is 14.2. The molecule has 1 heterocycles. The molecule has 0 atom stereocenters. The van der Waals surface area contributed by atoms with Crippen molar-refractivity contribution in [3.8, 4) is 0 Å². The topological polar surface area (TPSA) is 73.3 Å². The second-order valence-corrected chi connectivity index (χ2v) is 4.85. The smallest absolute Gasteiger partial charge is 0.358 e. The number of hydrogen-bond acceptors (Lipinski definition) is 6. The van der Waals surface area contributed by atoms with E-state index in [2.05, 4.69) is 20.3 Å². The van der Waals surface area contributed by atoms with E-state index in [0.717, 1.165) is 0 Å². The van der Waals surface area contributed by atoms with E-state index in [1.165, 1.54) is 39.2 Å². The summed E-state index contributed by atoms with van der Waals surface area (Å²) in [7, 11) is 1.32. The van der Waals surface area contributed by atoms with Gasteiger partial charge in [-0.3, -0.25) is 0 Å². The quantitative estimate of drug-likeness (QED) is 0.634. The van der Waals surface area contributed by atoms with Gasteiger partial charge in [0.15, 0.2) is 5.69 Å². The molecule has 1 N–H and O–H groups in total. The van der Waals surface area contributed by atoms with Gasteiger partial charge < -0.3 is 14.8 Å². The van der Waals surface area contributed by atoms with E-state index in [1.54, 1.807) is 12.1 Å². The van der Waals surface area contributed by atoms with Crippen molar-refractivity contribution in [1.82, 2.24) is 10.2 Å². The first-order valence-corrected chi connectivity index (χ1v) is 7.07. The lowest BCUT2D eigenvalue weighted by molar-refractivity contribution is 0.0347. The van der Waals surface area contributed by atoms with Crippen LogP contribution >= 0.6 is 0 Å². The first-order valence-electron chi connectivity index (χ1n) is 7.07. The van der Waals surface area contributed by atoms with Crippen LogP contribution in [0.25, 0.3) is 0 Å². The summed E-state index contributed by atoms with van der Waals surface area (Å²) in [6.45, 7) is 1.34. The van der Waals surface area contributed by atoms with Crippen LogP contribution in [0.1, 0.15) is 42.6 Å². The van der Waals surface area contributed by atoms with Gasteiger partial charge in [-0.1, -0.05) is 19.3 Å². The van der Waals surface area contributed by atoms with Crippen LogP contribution in [0.15, 0.2) is 12.1 Å². The van der Waals surface area contributed by atoms with E-state index < -0.39 is 5.97 Å². The normalized spacial score (nSPS) is 15.8. The molecule has 0 unspecified atom stereocenters. The van der Waals surface area contributed by atoms with E-state index in [4.69, 9.17) is 4.74 Å². The molecule has 0 radical (unpaired) electrons. The third-order valence-electron chi connectivity index (χ3n) is 3.37. The Morgan fingerprint density at radius 1 is 1.30 bits per heavy atom. The zero-order valence-electron chi connectivity index (χ0n) is 11.8. The summed E-state index contributed by atoms with van der Waals surface area (Å²) in [6, 6.07) is 3.29. The molecule has 20 heavy (non-hydrogen) atoms. The number of methoxy groups -OCH3 is 1. The molecule has 1 aliphatic rings. The van der Waals surface area contributed by atoms with Gasteiger partial charge >= 0.3 is 5.97 Å². The molecule has 0 spiro atoms. The average molecular weight is 279 g/mol. The van der Waals surface area contributed by atoms with Crippen molar-refractivity contribution in [2.75, 3.05) is 25.6 Å². The highest BCUT2D eigenvalue weighted by Gasteiger charge is 2.13. The monoisotopic (exact) mass is 279 g/mol. The maximum absolute atomic E-state index is 11.2. The molecule has 1 fully saturated rings. The van der Waals surface area contributed by atoms with Crippen LogP contribution in [0, 0.1) is 0 Å². The molecule has 110 valence electrons. The standard InChI is InChI=1S/C14H21N3O3/c1-19-14(18)12-7-8-13(17-16-12)15-9-10-20-11-5-3-2-4-6-11/h7-8,11H,2-6,9-10H2,1H3,(H,15,17). The summed E-state index contributed by atoms with van der Waals surface area (Å²) < 4.78 is 10.4. The average Bonchev–Trinajstić information content (AvgIpc) is 2.52. The third-order valence-corrected chi connectivity index (χ3v) is 3.37. The van der Waals surface area contributed by atoms with Crippen LogP contribution in [-0.4, -0.2) is 42.5 Å². The number of esters is 1. The minimum atomic E-state index is -0.482. The number of carbonyl (C=O) groups is 1. The highest BCUT2D eigenvalue weighted by Crippen LogP contribution is 2.19. The van der Waals surface area contributed by atoms with Crippen molar-refractivity contribution in [2.45, 2.75) is 38.2 Å². The number of rotatable bonds is 6. The number of nitrogens with one attached hydrogen (secondary N) is 1. The molecule has 0 saturated heterocycles. The SMILES string of the molecule is COC(=O)c1ccc(NCCOC2CCCCC2)nn1. The van der Waals surface area contributed by atoms with E-state index in [9.17, 15) is 4.79 Å². The largest absolute Gasteiger partial charge is 0.464 e. The Kier molecular flexibility index (Phi) is 5.73. The number of aromatic nitrogens is 2. The van der Waals surface area contributed by atoms with Crippen LogP contribution in [0.3, 0.4) is 0 Å². The molecule has 1 saturated carbocycles. The van der Waals surface area contributed by atoms with Gasteiger partial charge in [0.25, 0.3) is 0 Å². The summed E-state index contributed by atoms with van der Waals surface area (Å²) in [5.74, 6) is 0.148. The van der Waals surface area contributed by atoms with Crippen molar-refractivity contribution >= 4 is 11.8 Å². The molecule has 0 bridgehead atoms. The molecular weight excluding hydrogens is 258 g/mol. The van der Waals surface area contributed by atoms with E-state index in [0.29, 0.717) is 25.1 Å². The first-order chi connectivity index (χ1) is 9.79. The lowest BCUT2D eigenvalue weighted by atomic mass is 9.98. The Bertz CT molecular complexity index is 416. The van der Waals surface area contributed by atoms with Gasteiger partial charge in [0.2, 0.25) is 0 Å². The molecule has 0 amide bonds. The molecule has 6 heteroatoms. The van der Waals surface area contributed by atoms with Gasteiger partial charge in [-0.25, -0.2) is 4.79 Å². The summed E-state index contributed by atoms with van der Waals surface area (Å²) in [5, 5.41) is 10.8. The van der Waals surface area contributed by atoms with Crippen LogP contribution < -0.4 is 5.32 Å². The molecule has 0 aliphatic heterocycles. The number of nitrogens with zero attached hydrogens (tertiary/aromatic N) is 2.